The Labute approximate surface area is 94.2 Å². The molecule has 0 aliphatic rings. The number of allylic oxidation sites excluding steroid dienone is 1. The van der Waals surface area contributed by atoms with Gasteiger partial charge in [0.2, 0.25) is 0 Å². The molecule has 0 spiro atoms. The van der Waals surface area contributed by atoms with Crippen molar-refractivity contribution in [3.8, 4) is 0 Å². The number of hydrogen-bond donors (Lipinski definition) is 1. The molecule has 0 heterocycles. The average molecular weight is 229 g/mol. The molecule has 1 nitrogen and oxygen atoms in total. The zero-order chi connectivity index (χ0) is 11.3. The lowest BCUT2D eigenvalue weighted by Gasteiger charge is -2.12. The van der Waals surface area contributed by atoms with Gasteiger partial charge in [0.25, 0.3) is 0 Å². The molecule has 1 atom stereocenters. The van der Waals surface area contributed by atoms with E-state index in [0.717, 1.165) is 12.8 Å². The molecule has 0 radical (unpaired) electrons. The number of halogens is 2. The second kappa shape index (κ2) is 5.89. The number of aliphatic hydroxyl groups is 1. The Hall–Kier alpha value is -0.860. The maximum atomic E-state index is 13.3. The van der Waals surface area contributed by atoms with Crippen molar-refractivity contribution in [3.05, 3.63) is 47.3 Å². The van der Waals surface area contributed by atoms with Gasteiger partial charge < -0.3 is 5.11 Å². The first-order chi connectivity index (χ1) is 7.16. The maximum Gasteiger partial charge on any atom is 0.130 e. The van der Waals surface area contributed by atoms with Gasteiger partial charge in [-0.15, -0.1) is 6.58 Å². The number of hydrogen-bond acceptors (Lipinski definition) is 1. The van der Waals surface area contributed by atoms with Crippen LogP contribution in [0.5, 0.6) is 0 Å². The van der Waals surface area contributed by atoms with Crippen molar-refractivity contribution < 1.29 is 9.50 Å². The average Bonchev–Trinajstić information content (AvgIpc) is 2.18. The summed E-state index contributed by atoms with van der Waals surface area (Å²) in [6.45, 7) is 3.58. The third-order valence-corrected chi connectivity index (χ3v) is 2.55. The van der Waals surface area contributed by atoms with Gasteiger partial charge in [-0.05, 0) is 31.4 Å². The maximum absolute atomic E-state index is 13.3. The molecular weight excluding hydrogens is 215 g/mol. The SMILES string of the molecule is C=CCCCC(O)c1c(F)cccc1Cl. The van der Waals surface area contributed by atoms with E-state index in [1.54, 1.807) is 12.1 Å². The topological polar surface area (TPSA) is 20.2 Å². The van der Waals surface area contributed by atoms with Gasteiger partial charge in [-0.3, -0.25) is 0 Å². The largest absolute Gasteiger partial charge is 0.388 e. The van der Waals surface area contributed by atoms with Gasteiger partial charge >= 0.3 is 0 Å². The van der Waals surface area contributed by atoms with Gasteiger partial charge in [-0.25, -0.2) is 4.39 Å². The van der Waals surface area contributed by atoms with E-state index >= 15 is 0 Å². The molecule has 3 heteroatoms. The van der Waals surface area contributed by atoms with Gasteiger partial charge in [0.05, 0.1) is 6.10 Å². The molecule has 1 N–H and O–H groups in total. The molecule has 0 saturated carbocycles. The van der Waals surface area contributed by atoms with E-state index in [9.17, 15) is 9.50 Å². The van der Waals surface area contributed by atoms with Crippen molar-refractivity contribution in [1.82, 2.24) is 0 Å². The second-order valence-corrected chi connectivity index (χ2v) is 3.78. The molecule has 0 bridgehead atoms. The molecule has 1 unspecified atom stereocenters. The normalized spacial score (nSPS) is 12.5. The summed E-state index contributed by atoms with van der Waals surface area (Å²) in [4.78, 5) is 0. The van der Waals surface area contributed by atoms with Crippen molar-refractivity contribution in [3.63, 3.8) is 0 Å². The van der Waals surface area contributed by atoms with E-state index in [0.29, 0.717) is 6.42 Å². The first-order valence-corrected chi connectivity index (χ1v) is 5.27. The summed E-state index contributed by atoms with van der Waals surface area (Å²) in [6.07, 6.45) is 3.01. The Morgan fingerprint density at radius 1 is 1.53 bits per heavy atom. The fraction of sp³-hybridized carbons (Fsp3) is 0.333. The van der Waals surface area contributed by atoms with Gasteiger partial charge in [0.15, 0.2) is 0 Å². The Balaban J connectivity index is 2.72. The fourth-order valence-corrected chi connectivity index (χ4v) is 1.72. The molecule has 1 rings (SSSR count). The van der Waals surface area contributed by atoms with Crippen LogP contribution in [0.3, 0.4) is 0 Å². The van der Waals surface area contributed by atoms with Crippen LogP contribution in [0.4, 0.5) is 4.39 Å². The molecule has 0 fully saturated rings. The van der Waals surface area contributed by atoms with Crippen LogP contribution in [0.25, 0.3) is 0 Å². The van der Waals surface area contributed by atoms with Gasteiger partial charge in [-0.1, -0.05) is 23.7 Å². The molecule has 0 aliphatic heterocycles. The standard InChI is InChI=1S/C12H14ClFO/c1-2-3-4-8-11(15)12-9(13)6-5-7-10(12)14/h2,5-7,11,15H,1,3-4,8H2. The molecule has 1 aromatic carbocycles. The lowest BCUT2D eigenvalue weighted by molar-refractivity contribution is 0.160. The summed E-state index contributed by atoms with van der Waals surface area (Å²) in [5.41, 5.74) is 0.197. The second-order valence-electron chi connectivity index (χ2n) is 3.37. The van der Waals surface area contributed by atoms with E-state index in [1.165, 1.54) is 12.1 Å². The molecule has 82 valence electrons. The summed E-state index contributed by atoms with van der Waals surface area (Å²) >= 11 is 5.82. The van der Waals surface area contributed by atoms with E-state index in [-0.39, 0.29) is 10.6 Å². The number of rotatable bonds is 5. The van der Waals surface area contributed by atoms with E-state index in [4.69, 9.17) is 11.6 Å². The summed E-state index contributed by atoms with van der Waals surface area (Å²) in [5, 5.41) is 10.0. The minimum atomic E-state index is -0.835. The Bertz CT molecular complexity index is 318. The van der Waals surface area contributed by atoms with Crippen LogP contribution in [0.2, 0.25) is 5.02 Å². The summed E-state index contributed by atoms with van der Waals surface area (Å²) in [7, 11) is 0. The molecule has 0 aromatic heterocycles. The van der Waals surface area contributed by atoms with Crippen molar-refractivity contribution in [2.75, 3.05) is 0 Å². The third kappa shape index (κ3) is 3.33. The van der Waals surface area contributed by atoms with Crippen molar-refractivity contribution in [2.24, 2.45) is 0 Å². The highest BCUT2D eigenvalue weighted by Gasteiger charge is 2.15. The zero-order valence-electron chi connectivity index (χ0n) is 8.42. The Kier molecular flexibility index (Phi) is 4.79. The summed E-state index contributed by atoms with van der Waals surface area (Å²) in [5.74, 6) is -0.450. The molecule has 0 saturated heterocycles. The fourth-order valence-electron chi connectivity index (χ4n) is 1.43. The predicted octanol–water partition coefficient (Wildman–Crippen LogP) is 3.87. The number of benzene rings is 1. The number of unbranched alkanes of at least 4 members (excludes halogenated alkanes) is 1. The van der Waals surface area contributed by atoms with Crippen LogP contribution < -0.4 is 0 Å². The summed E-state index contributed by atoms with van der Waals surface area (Å²) in [6, 6.07) is 4.41. The molecule has 0 amide bonds. The van der Waals surface area contributed by atoms with E-state index in [1.807, 2.05) is 0 Å². The first kappa shape index (κ1) is 12.2. The van der Waals surface area contributed by atoms with Gasteiger partial charge in [-0.2, -0.15) is 0 Å². The van der Waals surface area contributed by atoms with Gasteiger partial charge in [0.1, 0.15) is 5.82 Å². The summed E-state index contributed by atoms with van der Waals surface area (Å²) < 4.78 is 13.3. The smallest absolute Gasteiger partial charge is 0.130 e. The highest BCUT2D eigenvalue weighted by Crippen LogP contribution is 2.28. The van der Waals surface area contributed by atoms with Crippen LogP contribution >= 0.6 is 11.6 Å². The van der Waals surface area contributed by atoms with E-state index in [2.05, 4.69) is 6.58 Å². The minimum Gasteiger partial charge on any atom is -0.388 e. The van der Waals surface area contributed by atoms with Crippen molar-refractivity contribution in [2.45, 2.75) is 25.4 Å². The molecular formula is C12H14ClFO. The lowest BCUT2D eigenvalue weighted by Crippen LogP contribution is -2.01. The first-order valence-electron chi connectivity index (χ1n) is 4.89. The predicted molar refractivity (Wildman–Crippen MR) is 60.4 cm³/mol. The lowest BCUT2D eigenvalue weighted by atomic mass is 10.0. The van der Waals surface area contributed by atoms with Crippen LogP contribution in [0, 0.1) is 5.82 Å². The van der Waals surface area contributed by atoms with Gasteiger partial charge in [0, 0.05) is 10.6 Å². The highest BCUT2D eigenvalue weighted by molar-refractivity contribution is 6.31. The number of aliphatic hydroxyl groups excluding tert-OH is 1. The third-order valence-electron chi connectivity index (χ3n) is 2.22. The molecule has 15 heavy (non-hydrogen) atoms. The van der Waals surface area contributed by atoms with Crippen LogP contribution in [0.1, 0.15) is 30.9 Å². The van der Waals surface area contributed by atoms with Crippen LogP contribution in [0.15, 0.2) is 30.9 Å². The van der Waals surface area contributed by atoms with E-state index < -0.39 is 11.9 Å². The quantitative estimate of drug-likeness (QED) is 0.599. The molecule has 0 aliphatic carbocycles. The van der Waals surface area contributed by atoms with Crippen molar-refractivity contribution in [1.29, 1.82) is 0 Å². The zero-order valence-corrected chi connectivity index (χ0v) is 9.17. The van der Waals surface area contributed by atoms with Crippen molar-refractivity contribution >= 4 is 11.6 Å². The molecule has 1 aromatic rings. The Morgan fingerprint density at radius 3 is 2.87 bits per heavy atom. The minimum absolute atomic E-state index is 0.197. The highest BCUT2D eigenvalue weighted by atomic mass is 35.5. The monoisotopic (exact) mass is 228 g/mol. The Morgan fingerprint density at radius 2 is 2.27 bits per heavy atom. The van der Waals surface area contributed by atoms with Crippen LogP contribution in [-0.4, -0.2) is 5.11 Å². The van der Waals surface area contributed by atoms with Crippen LogP contribution in [-0.2, 0) is 0 Å².